The van der Waals surface area contributed by atoms with Gasteiger partial charge in [-0.1, -0.05) is 30.3 Å². The van der Waals surface area contributed by atoms with E-state index in [1.165, 1.54) is 4.80 Å². The highest BCUT2D eigenvalue weighted by atomic mass is 35.5. The first-order valence-electron chi connectivity index (χ1n) is 8.47. The van der Waals surface area contributed by atoms with Crippen LogP contribution in [0, 0.1) is 5.92 Å². The minimum atomic E-state index is -0.434. The molecule has 1 atom stereocenters. The molecule has 1 unspecified atom stereocenters. The molecule has 0 bridgehead atoms. The van der Waals surface area contributed by atoms with Gasteiger partial charge in [-0.15, -0.1) is 22.6 Å². The fraction of sp³-hybridized carbons (Fsp3) is 0.529. The minimum Gasteiger partial charge on any atom is -0.341 e. The Labute approximate surface area is 154 Å². The van der Waals surface area contributed by atoms with E-state index in [1.54, 1.807) is 0 Å². The molecule has 25 heavy (non-hydrogen) atoms. The van der Waals surface area contributed by atoms with Crippen molar-refractivity contribution in [3.05, 3.63) is 30.3 Å². The van der Waals surface area contributed by atoms with Crippen LogP contribution in [0.4, 0.5) is 0 Å². The van der Waals surface area contributed by atoms with E-state index in [9.17, 15) is 4.79 Å². The summed E-state index contributed by atoms with van der Waals surface area (Å²) >= 11 is 0. The van der Waals surface area contributed by atoms with E-state index < -0.39 is 6.04 Å². The fourth-order valence-corrected chi connectivity index (χ4v) is 3.10. The second-order valence-corrected chi connectivity index (χ2v) is 6.30. The number of carbonyl (C=O) groups excluding carboxylic acids is 1. The first-order chi connectivity index (χ1) is 11.7. The van der Waals surface area contributed by atoms with Gasteiger partial charge in [0.05, 0.1) is 0 Å². The molecule has 1 N–H and O–H groups in total. The highest BCUT2D eigenvalue weighted by Crippen LogP contribution is 2.20. The topological polar surface area (TPSA) is 75.9 Å². The number of amides is 1. The third-order valence-corrected chi connectivity index (χ3v) is 4.58. The van der Waals surface area contributed by atoms with Gasteiger partial charge in [0.2, 0.25) is 11.7 Å². The van der Waals surface area contributed by atoms with Crippen LogP contribution in [0.15, 0.2) is 30.3 Å². The van der Waals surface area contributed by atoms with Crippen molar-refractivity contribution >= 4 is 18.3 Å². The van der Waals surface area contributed by atoms with Crippen LogP contribution in [0.25, 0.3) is 11.4 Å². The minimum absolute atomic E-state index is 0. The third kappa shape index (κ3) is 4.55. The first-order valence-corrected chi connectivity index (χ1v) is 8.47. The smallest absolute Gasteiger partial charge is 0.249 e. The number of rotatable bonds is 5. The molecule has 1 aromatic carbocycles. The Morgan fingerprint density at radius 3 is 2.60 bits per heavy atom. The molecule has 0 saturated carbocycles. The SMILES string of the molecule is CNCC1CCN(C(=O)C(C)n2nnc(-c3ccccc3)n2)CC1.Cl. The largest absolute Gasteiger partial charge is 0.341 e. The molecule has 1 aliphatic heterocycles. The van der Waals surface area contributed by atoms with Crippen molar-refractivity contribution in [1.29, 1.82) is 0 Å². The van der Waals surface area contributed by atoms with Gasteiger partial charge < -0.3 is 10.2 Å². The van der Waals surface area contributed by atoms with Crippen LogP contribution < -0.4 is 5.32 Å². The van der Waals surface area contributed by atoms with Crippen LogP contribution in [-0.4, -0.2) is 57.7 Å². The van der Waals surface area contributed by atoms with Crippen LogP contribution >= 0.6 is 12.4 Å². The van der Waals surface area contributed by atoms with E-state index in [0.717, 1.165) is 38.0 Å². The van der Waals surface area contributed by atoms with Crippen molar-refractivity contribution in [2.45, 2.75) is 25.8 Å². The summed E-state index contributed by atoms with van der Waals surface area (Å²) in [6.45, 7) is 4.45. The maximum Gasteiger partial charge on any atom is 0.249 e. The molecular formula is C17H25ClN6O. The van der Waals surface area contributed by atoms with Gasteiger partial charge in [0.1, 0.15) is 6.04 Å². The summed E-state index contributed by atoms with van der Waals surface area (Å²) in [6.07, 6.45) is 2.08. The molecule has 136 valence electrons. The average molecular weight is 365 g/mol. The molecule has 2 aromatic rings. The van der Waals surface area contributed by atoms with Gasteiger partial charge in [0.25, 0.3) is 0 Å². The molecule has 3 rings (SSSR count). The normalized spacial score (nSPS) is 16.3. The van der Waals surface area contributed by atoms with Gasteiger partial charge in [-0.3, -0.25) is 4.79 Å². The number of likely N-dealkylation sites (tertiary alicyclic amines) is 1. The Morgan fingerprint density at radius 2 is 1.96 bits per heavy atom. The van der Waals surface area contributed by atoms with Crippen LogP contribution in [-0.2, 0) is 4.79 Å². The van der Waals surface area contributed by atoms with Gasteiger partial charge in [0, 0.05) is 18.7 Å². The average Bonchev–Trinajstić information content (AvgIpc) is 3.12. The number of aromatic nitrogens is 4. The van der Waals surface area contributed by atoms with Crippen molar-refractivity contribution in [2.75, 3.05) is 26.7 Å². The second kappa shape index (κ2) is 8.92. The van der Waals surface area contributed by atoms with E-state index in [0.29, 0.717) is 11.7 Å². The Balaban J connectivity index is 0.00000225. The number of nitrogens with zero attached hydrogens (tertiary/aromatic N) is 5. The monoisotopic (exact) mass is 364 g/mol. The number of hydrogen-bond acceptors (Lipinski definition) is 5. The molecule has 1 aromatic heterocycles. The maximum atomic E-state index is 12.7. The van der Waals surface area contributed by atoms with Crippen LogP contribution in [0.1, 0.15) is 25.8 Å². The number of piperidine rings is 1. The van der Waals surface area contributed by atoms with Crippen LogP contribution in [0.3, 0.4) is 0 Å². The van der Waals surface area contributed by atoms with Gasteiger partial charge in [-0.25, -0.2) is 0 Å². The van der Waals surface area contributed by atoms with Gasteiger partial charge in [0.15, 0.2) is 0 Å². The van der Waals surface area contributed by atoms with E-state index in [1.807, 2.05) is 49.2 Å². The predicted octanol–water partition coefficient (Wildman–Crippen LogP) is 1.78. The molecular weight excluding hydrogens is 340 g/mol. The molecule has 0 radical (unpaired) electrons. The lowest BCUT2D eigenvalue weighted by Gasteiger charge is -2.33. The first kappa shape index (κ1) is 19.3. The summed E-state index contributed by atoms with van der Waals surface area (Å²) in [7, 11) is 1.97. The standard InChI is InChI=1S/C17H24N6O.ClH/c1-13(17(24)22-10-8-14(9-11-22)12-18-2)23-20-16(19-21-23)15-6-4-3-5-7-15;/h3-7,13-14,18H,8-12H2,1-2H3;1H. The maximum absolute atomic E-state index is 12.7. The van der Waals surface area contributed by atoms with Crippen LogP contribution in [0.2, 0.25) is 0 Å². The predicted molar refractivity (Wildman–Crippen MR) is 98.4 cm³/mol. The molecule has 0 spiro atoms. The van der Waals surface area contributed by atoms with E-state index in [2.05, 4.69) is 20.7 Å². The Morgan fingerprint density at radius 1 is 1.28 bits per heavy atom. The molecule has 1 fully saturated rings. The number of carbonyl (C=O) groups is 1. The van der Waals surface area contributed by atoms with E-state index in [-0.39, 0.29) is 18.3 Å². The quantitative estimate of drug-likeness (QED) is 0.875. The van der Waals surface area contributed by atoms with E-state index >= 15 is 0 Å². The zero-order chi connectivity index (χ0) is 16.9. The summed E-state index contributed by atoms with van der Waals surface area (Å²) in [5.74, 6) is 1.27. The number of nitrogens with one attached hydrogen (secondary N) is 1. The molecule has 8 heteroatoms. The number of hydrogen-bond donors (Lipinski definition) is 1. The summed E-state index contributed by atoms with van der Waals surface area (Å²) in [5.41, 5.74) is 0.899. The molecule has 7 nitrogen and oxygen atoms in total. The van der Waals surface area contributed by atoms with Crippen molar-refractivity contribution < 1.29 is 4.79 Å². The Bertz CT molecular complexity index is 669. The summed E-state index contributed by atoms with van der Waals surface area (Å²) in [6, 6.07) is 9.23. The number of benzene rings is 1. The van der Waals surface area contributed by atoms with Crippen molar-refractivity contribution in [1.82, 2.24) is 30.4 Å². The Hall–Kier alpha value is -1.99. The number of halogens is 1. The lowest BCUT2D eigenvalue weighted by Crippen LogP contribution is -2.43. The molecule has 1 aliphatic rings. The highest BCUT2D eigenvalue weighted by Gasteiger charge is 2.28. The summed E-state index contributed by atoms with van der Waals surface area (Å²) < 4.78 is 0. The van der Waals surface area contributed by atoms with E-state index in [4.69, 9.17) is 0 Å². The number of tetrazole rings is 1. The zero-order valence-corrected chi connectivity index (χ0v) is 15.4. The van der Waals surface area contributed by atoms with Gasteiger partial charge in [-0.05, 0) is 44.5 Å². The summed E-state index contributed by atoms with van der Waals surface area (Å²) in [4.78, 5) is 16.0. The van der Waals surface area contributed by atoms with Crippen molar-refractivity contribution in [2.24, 2.45) is 5.92 Å². The van der Waals surface area contributed by atoms with Crippen LogP contribution in [0.5, 0.6) is 0 Å². The zero-order valence-electron chi connectivity index (χ0n) is 14.6. The highest BCUT2D eigenvalue weighted by molar-refractivity contribution is 5.85. The third-order valence-electron chi connectivity index (χ3n) is 4.58. The molecule has 1 amide bonds. The molecule has 0 aliphatic carbocycles. The lowest BCUT2D eigenvalue weighted by molar-refractivity contribution is -0.136. The van der Waals surface area contributed by atoms with Gasteiger partial charge >= 0.3 is 0 Å². The summed E-state index contributed by atoms with van der Waals surface area (Å²) in [5, 5.41) is 15.7. The lowest BCUT2D eigenvalue weighted by atomic mass is 9.96. The Kier molecular flexibility index (Phi) is 6.90. The molecule has 2 heterocycles. The second-order valence-electron chi connectivity index (χ2n) is 6.30. The fourth-order valence-electron chi connectivity index (χ4n) is 3.10. The molecule has 1 saturated heterocycles. The van der Waals surface area contributed by atoms with Crippen molar-refractivity contribution in [3.8, 4) is 11.4 Å². The van der Waals surface area contributed by atoms with Gasteiger partial charge in [-0.2, -0.15) is 4.80 Å². The van der Waals surface area contributed by atoms with Crippen molar-refractivity contribution in [3.63, 3.8) is 0 Å².